The first-order valence-corrected chi connectivity index (χ1v) is 5.83. The zero-order valence-electron chi connectivity index (χ0n) is 9.27. The van der Waals surface area contributed by atoms with Crippen molar-refractivity contribution in [1.29, 1.82) is 0 Å². The van der Waals surface area contributed by atoms with E-state index in [-0.39, 0.29) is 0 Å². The first-order chi connectivity index (χ1) is 7.66. The molecule has 0 N–H and O–H groups in total. The fourth-order valence-corrected chi connectivity index (χ4v) is 3.06. The van der Waals surface area contributed by atoms with Crippen LogP contribution in [-0.4, -0.2) is 19.9 Å². The van der Waals surface area contributed by atoms with Gasteiger partial charge in [0.1, 0.15) is 17.0 Å². The number of hydrogen-bond donors (Lipinski definition) is 0. The molecule has 0 fully saturated rings. The van der Waals surface area contributed by atoms with Crippen molar-refractivity contribution < 1.29 is 0 Å². The third kappa shape index (κ3) is 1.21. The highest BCUT2D eigenvalue weighted by molar-refractivity contribution is 7.25. The minimum atomic E-state index is 0.808. The van der Waals surface area contributed by atoms with Gasteiger partial charge in [-0.1, -0.05) is 0 Å². The predicted octanol–water partition coefficient (Wildman–Crippen LogP) is 2.56. The summed E-state index contributed by atoms with van der Waals surface area (Å²) in [7, 11) is 0. The molecule has 0 aromatic carbocycles. The summed E-state index contributed by atoms with van der Waals surface area (Å²) in [6.07, 6.45) is 1.60. The molecule has 0 radical (unpaired) electrons. The number of thiophene rings is 1. The molecule has 0 spiro atoms. The maximum Gasteiger partial charge on any atom is 0.130 e. The summed E-state index contributed by atoms with van der Waals surface area (Å²) >= 11 is 1.64. The van der Waals surface area contributed by atoms with Gasteiger partial charge in [-0.05, 0) is 20.8 Å². The van der Waals surface area contributed by atoms with Crippen LogP contribution in [0.2, 0.25) is 0 Å². The van der Waals surface area contributed by atoms with Crippen LogP contribution in [0, 0.1) is 20.8 Å². The fraction of sp³-hybridized carbons (Fsp3) is 0.273. The average molecular weight is 230 g/mol. The highest BCUT2D eigenvalue weighted by Crippen LogP contribution is 2.33. The van der Waals surface area contributed by atoms with Gasteiger partial charge in [0, 0.05) is 0 Å². The fourth-order valence-electron chi connectivity index (χ4n) is 1.89. The van der Waals surface area contributed by atoms with E-state index in [9.17, 15) is 0 Å². The summed E-state index contributed by atoms with van der Waals surface area (Å²) in [6, 6.07) is 0. The van der Waals surface area contributed by atoms with E-state index < -0.39 is 0 Å². The molecule has 0 bridgehead atoms. The molecule has 4 nitrogen and oxygen atoms in total. The highest BCUT2D eigenvalue weighted by Gasteiger charge is 2.13. The summed E-state index contributed by atoms with van der Waals surface area (Å²) in [6.45, 7) is 5.91. The van der Waals surface area contributed by atoms with Crippen LogP contribution in [0.25, 0.3) is 20.4 Å². The smallest absolute Gasteiger partial charge is 0.130 e. The van der Waals surface area contributed by atoms with Crippen molar-refractivity contribution in [3.05, 3.63) is 23.5 Å². The first kappa shape index (κ1) is 9.59. The van der Waals surface area contributed by atoms with Gasteiger partial charge in [-0.3, -0.25) is 0 Å². The van der Waals surface area contributed by atoms with Crippen molar-refractivity contribution in [2.45, 2.75) is 20.8 Å². The number of nitrogens with zero attached hydrogens (tertiary/aromatic N) is 4. The number of aryl methyl sites for hydroxylation is 3. The van der Waals surface area contributed by atoms with Gasteiger partial charge in [0.2, 0.25) is 0 Å². The SMILES string of the molecule is Cc1nc(C)c2c(n1)sc1c(C)ncnc12. The van der Waals surface area contributed by atoms with Crippen LogP contribution in [0.15, 0.2) is 6.33 Å². The quantitative estimate of drug-likeness (QED) is 0.595. The monoisotopic (exact) mass is 230 g/mol. The topological polar surface area (TPSA) is 51.6 Å². The minimum Gasteiger partial charge on any atom is -0.240 e. The lowest BCUT2D eigenvalue weighted by Gasteiger charge is -1.97. The molecule has 3 heterocycles. The van der Waals surface area contributed by atoms with Gasteiger partial charge in [0.05, 0.1) is 27.0 Å². The lowest BCUT2D eigenvalue weighted by molar-refractivity contribution is 1.06. The van der Waals surface area contributed by atoms with Crippen molar-refractivity contribution in [3.63, 3.8) is 0 Å². The average Bonchev–Trinajstić information content (AvgIpc) is 2.57. The highest BCUT2D eigenvalue weighted by atomic mass is 32.1. The molecule has 0 unspecified atom stereocenters. The Labute approximate surface area is 96.4 Å². The molecule has 16 heavy (non-hydrogen) atoms. The van der Waals surface area contributed by atoms with Crippen molar-refractivity contribution in [2.24, 2.45) is 0 Å². The standard InChI is InChI=1S/C11H10N4S/c1-5-8-9-10(6(2)12-4-13-9)16-11(8)15-7(3)14-5/h4H,1-3H3. The van der Waals surface area contributed by atoms with Gasteiger partial charge in [0.25, 0.3) is 0 Å². The second-order valence-corrected chi connectivity index (χ2v) is 4.77. The van der Waals surface area contributed by atoms with E-state index in [0.29, 0.717) is 0 Å². The third-order valence-corrected chi connectivity index (χ3v) is 3.77. The summed E-state index contributed by atoms with van der Waals surface area (Å²) in [5.74, 6) is 0.808. The molecule has 0 aliphatic carbocycles. The van der Waals surface area contributed by atoms with Gasteiger partial charge < -0.3 is 0 Å². The van der Waals surface area contributed by atoms with Crippen molar-refractivity contribution in [2.75, 3.05) is 0 Å². The maximum absolute atomic E-state index is 4.45. The van der Waals surface area contributed by atoms with Crippen molar-refractivity contribution in [3.8, 4) is 0 Å². The Morgan fingerprint density at radius 3 is 2.62 bits per heavy atom. The molecule has 0 atom stereocenters. The van der Waals surface area contributed by atoms with Crippen LogP contribution in [-0.2, 0) is 0 Å². The Kier molecular flexibility index (Phi) is 1.91. The molecular formula is C11H10N4S. The van der Waals surface area contributed by atoms with E-state index in [1.54, 1.807) is 17.7 Å². The normalized spacial score (nSPS) is 11.4. The largest absolute Gasteiger partial charge is 0.240 e. The Hall–Kier alpha value is -1.62. The first-order valence-electron chi connectivity index (χ1n) is 5.02. The number of rotatable bonds is 0. The zero-order chi connectivity index (χ0) is 11.3. The van der Waals surface area contributed by atoms with Crippen LogP contribution in [0.1, 0.15) is 17.2 Å². The molecule has 0 saturated heterocycles. The van der Waals surface area contributed by atoms with Gasteiger partial charge in [0.15, 0.2) is 0 Å². The van der Waals surface area contributed by atoms with Gasteiger partial charge in [-0.15, -0.1) is 11.3 Å². The van der Waals surface area contributed by atoms with E-state index in [1.165, 1.54) is 0 Å². The van der Waals surface area contributed by atoms with Crippen molar-refractivity contribution in [1.82, 2.24) is 19.9 Å². The van der Waals surface area contributed by atoms with Crippen molar-refractivity contribution >= 4 is 31.8 Å². The van der Waals surface area contributed by atoms with Gasteiger partial charge >= 0.3 is 0 Å². The molecule has 3 aromatic heterocycles. The van der Waals surface area contributed by atoms with Gasteiger partial charge in [-0.2, -0.15) is 0 Å². The van der Waals surface area contributed by atoms with E-state index in [2.05, 4.69) is 19.9 Å². The van der Waals surface area contributed by atoms with Gasteiger partial charge in [-0.25, -0.2) is 19.9 Å². The van der Waals surface area contributed by atoms with E-state index in [4.69, 9.17) is 0 Å². The maximum atomic E-state index is 4.45. The van der Waals surface area contributed by atoms with Crippen LogP contribution >= 0.6 is 11.3 Å². The lowest BCUT2D eigenvalue weighted by Crippen LogP contribution is -1.91. The van der Waals surface area contributed by atoms with Crippen LogP contribution < -0.4 is 0 Å². The van der Waals surface area contributed by atoms with E-state index in [1.807, 2.05) is 20.8 Å². The summed E-state index contributed by atoms with van der Waals surface area (Å²) in [5, 5.41) is 1.07. The molecule has 0 amide bonds. The molecule has 0 saturated carbocycles. The lowest BCUT2D eigenvalue weighted by atomic mass is 10.2. The molecule has 80 valence electrons. The predicted molar refractivity (Wildman–Crippen MR) is 64.7 cm³/mol. The second-order valence-electron chi connectivity index (χ2n) is 3.78. The third-order valence-electron chi connectivity index (χ3n) is 2.59. The summed E-state index contributed by atoms with van der Waals surface area (Å²) < 4.78 is 1.11. The summed E-state index contributed by atoms with van der Waals surface area (Å²) in [5.41, 5.74) is 2.97. The second kappa shape index (κ2) is 3.18. The Morgan fingerprint density at radius 2 is 1.81 bits per heavy atom. The molecular weight excluding hydrogens is 220 g/mol. The minimum absolute atomic E-state index is 0.808. The van der Waals surface area contributed by atoms with E-state index in [0.717, 1.165) is 37.6 Å². The van der Waals surface area contributed by atoms with Crippen LogP contribution in [0.4, 0.5) is 0 Å². The van der Waals surface area contributed by atoms with E-state index >= 15 is 0 Å². The number of fused-ring (bicyclic) bond motifs is 3. The molecule has 0 aliphatic rings. The molecule has 3 aromatic rings. The van der Waals surface area contributed by atoms with Crippen LogP contribution in [0.5, 0.6) is 0 Å². The molecule has 3 rings (SSSR count). The molecule has 0 aliphatic heterocycles. The number of aromatic nitrogens is 4. The Bertz CT molecular complexity index is 702. The molecule has 5 heteroatoms. The Morgan fingerprint density at radius 1 is 1.00 bits per heavy atom. The summed E-state index contributed by atoms with van der Waals surface area (Å²) in [4.78, 5) is 18.4. The Balaban J connectivity index is 2.61. The zero-order valence-corrected chi connectivity index (χ0v) is 10.1. The van der Waals surface area contributed by atoms with Crippen LogP contribution in [0.3, 0.4) is 0 Å². The number of hydrogen-bond acceptors (Lipinski definition) is 5.